The Morgan fingerprint density at radius 3 is 2.50 bits per heavy atom. The summed E-state index contributed by atoms with van der Waals surface area (Å²) in [4.78, 5) is 11.6. The van der Waals surface area contributed by atoms with Gasteiger partial charge in [-0.05, 0) is 29.8 Å². The monoisotopic (exact) mass is 322 g/mol. The maximum absolute atomic E-state index is 11.6. The summed E-state index contributed by atoms with van der Waals surface area (Å²) in [5.74, 6) is 0. The molecular weight excluding hydrogens is 319 g/mol. The van der Waals surface area contributed by atoms with E-state index in [1.165, 1.54) is 6.07 Å². The molecule has 94 valence electrons. The number of nitrogens with zero attached hydrogens (tertiary/aromatic N) is 2. The molecule has 9 heteroatoms. The van der Waals surface area contributed by atoms with E-state index in [4.69, 9.17) is 34.8 Å². The summed E-state index contributed by atoms with van der Waals surface area (Å²) in [5.41, 5.74) is 0.512. The van der Waals surface area contributed by atoms with Crippen LogP contribution in [0.5, 0.6) is 0 Å². The molecule has 18 heavy (non-hydrogen) atoms. The Bertz CT molecular complexity index is 589. The lowest BCUT2D eigenvalue weighted by molar-refractivity contribution is 0.262. The van der Waals surface area contributed by atoms with Crippen molar-refractivity contribution < 1.29 is 4.79 Å². The van der Waals surface area contributed by atoms with E-state index in [9.17, 15) is 4.79 Å². The van der Waals surface area contributed by atoms with Crippen molar-refractivity contribution in [3.05, 3.63) is 32.7 Å². The molecule has 0 aliphatic carbocycles. The maximum Gasteiger partial charge on any atom is 0.325 e. The van der Waals surface area contributed by atoms with E-state index in [-0.39, 0.29) is 4.47 Å². The first-order valence-electron chi connectivity index (χ1n) is 4.56. The SMILES string of the molecule is O=C(Nc1ccc(Cl)c(Cl)c1)Nc1nnc(Cl)s1. The summed E-state index contributed by atoms with van der Waals surface area (Å²) in [7, 11) is 0. The number of hydrogen-bond donors (Lipinski definition) is 2. The normalized spacial score (nSPS) is 10.2. The molecule has 1 aromatic heterocycles. The van der Waals surface area contributed by atoms with E-state index in [1.807, 2.05) is 0 Å². The number of aromatic nitrogens is 2. The molecule has 0 fully saturated rings. The lowest BCUT2D eigenvalue weighted by Crippen LogP contribution is -2.19. The Morgan fingerprint density at radius 1 is 1.11 bits per heavy atom. The summed E-state index contributed by atoms with van der Waals surface area (Å²) in [6.07, 6.45) is 0. The third kappa shape index (κ3) is 3.46. The Balaban J connectivity index is 2.00. The van der Waals surface area contributed by atoms with Gasteiger partial charge in [0.15, 0.2) is 0 Å². The fraction of sp³-hybridized carbons (Fsp3) is 0. The smallest absolute Gasteiger partial charge is 0.308 e. The number of urea groups is 1. The molecule has 2 rings (SSSR count). The molecule has 2 amide bonds. The summed E-state index contributed by atoms with van der Waals surface area (Å²) in [6.45, 7) is 0. The van der Waals surface area contributed by atoms with Crippen LogP contribution in [0.25, 0.3) is 0 Å². The van der Waals surface area contributed by atoms with Crippen molar-refractivity contribution in [3.63, 3.8) is 0 Å². The standard InChI is InChI=1S/C9H5Cl3N4OS/c10-5-2-1-4(3-6(5)11)13-8(17)14-9-16-15-7(12)18-9/h1-3H,(H2,13,14,16,17). The molecular formula is C9H5Cl3N4OS. The molecule has 0 aliphatic heterocycles. The largest absolute Gasteiger partial charge is 0.325 e. The van der Waals surface area contributed by atoms with Gasteiger partial charge < -0.3 is 5.32 Å². The summed E-state index contributed by atoms with van der Waals surface area (Å²) in [6, 6.07) is 4.28. The average Bonchev–Trinajstić information content (AvgIpc) is 2.69. The van der Waals surface area contributed by atoms with Crippen LogP contribution in [0, 0.1) is 0 Å². The zero-order valence-electron chi connectivity index (χ0n) is 8.58. The molecule has 0 bridgehead atoms. The second kappa shape index (κ2) is 5.71. The van der Waals surface area contributed by atoms with E-state index < -0.39 is 6.03 Å². The Morgan fingerprint density at radius 2 is 1.89 bits per heavy atom. The van der Waals surface area contributed by atoms with Crippen LogP contribution in [-0.2, 0) is 0 Å². The van der Waals surface area contributed by atoms with Crippen LogP contribution in [0.1, 0.15) is 0 Å². The fourth-order valence-electron chi connectivity index (χ4n) is 1.09. The van der Waals surface area contributed by atoms with E-state index in [0.29, 0.717) is 20.9 Å². The third-order valence-corrected chi connectivity index (χ3v) is 3.47. The van der Waals surface area contributed by atoms with Crippen LogP contribution in [0.3, 0.4) is 0 Å². The maximum atomic E-state index is 11.6. The van der Waals surface area contributed by atoms with Crippen molar-refractivity contribution in [1.29, 1.82) is 0 Å². The Labute approximate surface area is 121 Å². The minimum atomic E-state index is -0.471. The van der Waals surface area contributed by atoms with Gasteiger partial charge in [0.1, 0.15) is 0 Å². The minimum Gasteiger partial charge on any atom is -0.308 e. The number of nitrogens with one attached hydrogen (secondary N) is 2. The summed E-state index contributed by atoms with van der Waals surface area (Å²) < 4.78 is 0.250. The second-order valence-electron chi connectivity index (χ2n) is 3.07. The van der Waals surface area contributed by atoms with Crippen LogP contribution in [-0.4, -0.2) is 16.2 Å². The van der Waals surface area contributed by atoms with Crippen molar-refractivity contribution in [2.75, 3.05) is 10.6 Å². The number of carbonyl (C=O) groups is 1. The van der Waals surface area contributed by atoms with Gasteiger partial charge in [-0.15, -0.1) is 10.2 Å². The molecule has 0 radical (unpaired) electrons. The zero-order chi connectivity index (χ0) is 13.1. The quantitative estimate of drug-likeness (QED) is 0.872. The van der Waals surface area contributed by atoms with Gasteiger partial charge in [-0.25, -0.2) is 4.79 Å². The average molecular weight is 324 g/mol. The predicted octanol–water partition coefficient (Wildman–Crippen LogP) is 4.14. The minimum absolute atomic E-state index is 0.250. The third-order valence-electron chi connectivity index (χ3n) is 1.80. The number of rotatable bonds is 2. The number of anilines is 2. The van der Waals surface area contributed by atoms with Crippen molar-refractivity contribution in [2.45, 2.75) is 0 Å². The van der Waals surface area contributed by atoms with Crippen LogP contribution < -0.4 is 10.6 Å². The molecule has 5 nitrogen and oxygen atoms in total. The molecule has 1 aromatic carbocycles. The molecule has 1 heterocycles. The molecule has 0 saturated heterocycles. The van der Waals surface area contributed by atoms with Gasteiger partial charge in [0.25, 0.3) is 0 Å². The topological polar surface area (TPSA) is 66.9 Å². The fourth-order valence-corrected chi connectivity index (χ4v) is 2.11. The van der Waals surface area contributed by atoms with E-state index >= 15 is 0 Å². The molecule has 2 aromatic rings. The highest BCUT2D eigenvalue weighted by molar-refractivity contribution is 7.19. The van der Waals surface area contributed by atoms with E-state index in [1.54, 1.807) is 12.1 Å². The van der Waals surface area contributed by atoms with Crippen molar-refractivity contribution in [1.82, 2.24) is 10.2 Å². The van der Waals surface area contributed by atoms with Gasteiger partial charge in [-0.2, -0.15) is 0 Å². The van der Waals surface area contributed by atoms with Gasteiger partial charge >= 0.3 is 6.03 Å². The van der Waals surface area contributed by atoms with E-state index in [0.717, 1.165) is 11.3 Å². The zero-order valence-corrected chi connectivity index (χ0v) is 11.7. The van der Waals surface area contributed by atoms with Gasteiger partial charge in [-0.1, -0.05) is 34.5 Å². The number of amides is 2. The molecule has 0 aliphatic rings. The molecule has 0 saturated carbocycles. The van der Waals surface area contributed by atoms with Gasteiger partial charge in [0.05, 0.1) is 10.0 Å². The first-order chi connectivity index (χ1) is 8.54. The predicted molar refractivity (Wildman–Crippen MR) is 74.0 cm³/mol. The van der Waals surface area contributed by atoms with Gasteiger partial charge in [-0.3, -0.25) is 5.32 Å². The highest BCUT2D eigenvalue weighted by Crippen LogP contribution is 2.25. The number of halogens is 3. The summed E-state index contributed by atoms with van der Waals surface area (Å²) in [5, 5.41) is 13.3. The molecule has 0 atom stereocenters. The van der Waals surface area contributed by atoms with Gasteiger partial charge in [0, 0.05) is 5.69 Å². The Kier molecular flexibility index (Phi) is 4.23. The number of hydrogen-bond acceptors (Lipinski definition) is 4. The van der Waals surface area contributed by atoms with Crippen LogP contribution in [0.4, 0.5) is 15.6 Å². The second-order valence-corrected chi connectivity index (χ2v) is 5.44. The Hall–Kier alpha value is -1.08. The van der Waals surface area contributed by atoms with Gasteiger partial charge in [0.2, 0.25) is 9.60 Å². The van der Waals surface area contributed by atoms with Crippen molar-refractivity contribution >= 4 is 63.0 Å². The lowest BCUT2D eigenvalue weighted by Gasteiger charge is -2.05. The first-order valence-corrected chi connectivity index (χ1v) is 6.51. The highest BCUT2D eigenvalue weighted by atomic mass is 35.5. The van der Waals surface area contributed by atoms with Crippen molar-refractivity contribution in [2.24, 2.45) is 0 Å². The van der Waals surface area contributed by atoms with E-state index in [2.05, 4.69) is 20.8 Å². The first kappa shape index (κ1) is 13.4. The van der Waals surface area contributed by atoms with Crippen molar-refractivity contribution in [3.8, 4) is 0 Å². The lowest BCUT2D eigenvalue weighted by atomic mass is 10.3. The van der Waals surface area contributed by atoms with Crippen LogP contribution in [0.15, 0.2) is 18.2 Å². The number of benzene rings is 1. The highest BCUT2D eigenvalue weighted by Gasteiger charge is 2.08. The van der Waals surface area contributed by atoms with Crippen LogP contribution >= 0.6 is 46.1 Å². The summed E-state index contributed by atoms with van der Waals surface area (Å²) >= 11 is 18.2. The molecule has 0 spiro atoms. The molecule has 0 unspecified atom stereocenters. The number of carbonyl (C=O) groups excluding carboxylic acids is 1. The van der Waals surface area contributed by atoms with Crippen LogP contribution in [0.2, 0.25) is 14.5 Å². The molecule has 2 N–H and O–H groups in total.